The largest absolute Gasteiger partial charge is 0.420 e. The number of carbonyl (C=O) groups is 4. The molecule has 4 rings (SSSR count). The van der Waals surface area contributed by atoms with Crippen LogP contribution in [0.2, 0.25) is 0 Å². The average molecular weight is 398 g/mol. The van der Waals surface area contributed by atoms with Gasteiger partial charge < -0.3 is 29.2 Å². The first-order valence-electron chi connectivity index (χ1n) is 9.56. The normalized spacial score (nSPS) is 33.6. The zero-order chi connectivity index (χ0) is 20.2. The van der Waals surface area contributed by atoms with E-state index in [4.69, 9.17) is 18.9 Å². The summed E-state index contributed by atoms with van der Waals surface area (Å²) in [5.41, 5.74) is -7.22. The molecule has 0 aromatic rings. The van der Waals surface area contributed by atoms with Gasteiger partial charge in [0.15, 0.2) is 0 Å². The lowest BCUT2D eigenvalue weighted by atomic mass is 9.79. The van der Waals surface area contributed by atoms with Crippen molar-refractivity contribution in [2.75, 3.05) is 0 Å². The van der Waals surface area contributed by atoms with E-state index >= 15 is 0 Å². The van der Waals surface area contributed by atoms with E-state index in [0.717, 1.165) is 12.8 Å². The summed E-state index contributed by atoms with van der Waals surface area (Å²) in [5.74, 6) is -9.68. The van der Waals surface area contributed by atoms with Crippen LogP contribution in [0, 0.1) is 0 Å². The number of aliphatic hydroxyl groups is 2. The number of ether oxygens (including phenoxy) is 4. The van der Waals surface area contributed by atoms with Gasteiger partial charge in [0.05, 0.1) is 0 Å². The Hall–Kier alpha value is -2.20. The highest BCUT2D eigenvalue weighted by Gasteiger charge is 2.79. The third kappa shape index (κ3) is 2.47. The van der Waals surface area contributed by atoms with Crippen molar-refractivity contribution in [3.05, 3.63) is 0 Å². The summed E-state index contributed by atoms with van der Waals surface area (Å²) in [5, 5.41) is 21.5. The zero-order valence-corrected chi connectivity index (χ0v) is 15.2. The molecule has 2 aliphatic heterocycles. The predicted molar refractivity (Wildman–Crippen MR) is 85.9 cm³/mol. The number of esters is 4. The van der Waals surface area contributed by atoms with Crippen LogP contribution in [0.1, 0.15) is 64.2 Å². The lowest BCUT2D eigenvalue weighted by molar-refractivity contribution is -0.316. The topological polar surface area (TPSA) is 146 Å². The second kappa shape index (κ2) is 6.15. The second-order valence-electron chi connectivity index (χ2n) is 7.92. The maximum absolute atomic E-state index is 12.6. The Morgan fingerprint density at radius 1 is 0.500 bits per heavy atom. The number of hydrogen-bond acceptors (Lipinski definition) is 10. The standard InChI is InChI=1S/C18H22O10/c19-11-17(23,12(20)26-15(25-11)7-3-1-4-8-15)18(24)13(21)27-16(28-14(18)22)9-5-2-6-10-16/h23-24H,1-10H2. The van der Waals surface area contributed by atoms with Crippen molar-refractivity contribution in [2.45, 2.75) is 87.0 Å². The summed E-state index contributed by atoms with van der Waals surface area (Å²) in [4.78, 5) is 50.5. The number of rotatable bonds is 1. The molecule has 10 heteroatoms. The number of carbonyl (C=O) groups excluding carboxylic acids is 4. The zero-order valence-electron chi connectivity index (χ0n) is 15.2. The molecule has 2 aliphatic carbocycles. The van der Waals surface area contributed by atoms with Crippen LogP contribution >= 0.6 is 0 Å². The molecule has 10 nitrogen and oxygen atoms in total. The first-order chi connectivity index (χ1) is 13.2. The van der Waals surface area contributed by atoms with Gasteiger partial charge >= 0.3 is 35.1 Å². The molecule has 2 saturated heterocycles. The minimum Gasteiger partial charge on any atom is -0.420 e. The average Bonchev–Trinajstić information content (AvgIpc) is 2.65. The van der Waals surface area contributed by atoms with Gasteiger partial charge in [0, 0.05) is 25.7 Å². The summed E-state index contributed by atoms with van der Waals surface area (Å²) in [6.45, 7) is 0. The molecule has 0 unspecified atom stereocenters. The molecule has 28 heavy (non-hydrogen) atoms. The van der Waals surface area contributed by atoms with Crippen molar-refractivity contribution >= 4 is 23.9 Å². The minimum atomic E-state index is -3.61. The molecule has 0 amide bonds. The second-order valence-corrected chi connectivity index (χ2v) is 7.92. The maximum Gasteiger partial charge on any atom is 0.357 e. The molecule has 0 radical (unpaired) electrons. The van der Waals surface area contributed by atoms with Crippen molar-refractivity contribution in [1.82, 2.24) is 0 Å². The molecule has 4 fully saturated rings. The van der Waals surface area contributed by atoms with E-state index in [0.29, 0.717) is 25.7 Å². The molecule has 2 N–H and O–H groups in total. The highest BCUT2D eigenvalue weighted by Crippen LogP contribution is 2.46. The van der Waals surface area contributed by atoms with E-state index in [1.165, 1.54) is 0 Å². The monoisotopic (exact) mass is 398 g/mol. The van der Waals surface area contributed by atoms with Crippen molar-refractivity contribution < 1.29 is 48.3 Å². The van der Waals surface area contributed by atoms with E-state index in [1.54, 1.807) is 0 Å². The molecule has 0 aromatic heterocycles. The van der Waals surface area contributed by atoms with Gasteiger partial charge in [0.2, 0.25) is 0 Å². The van der Waals surface area contributed by atoms with E-state index in [1.807, 2.05) is 0 Å². The van der Waals surface area contributed by atoms with Gasteiger partial charge in [0.1, 0.15) is 0 Å². The van der Waals surface area contributed by atoms with Crippen molar-refractivity contribution in [1.29, 1.82) is 0 Å². The van der Waals surface area contributed by atoms with Crippen LogP contribution in [0.25, 0.3) is 0 Å². The molecule has 2 saturated carbocycles. The van der Waals surface area contributed by atoms with Crippen LogP contribution < -0.4 is 0 Å². The predicted octanol–water partition coefficient (Wildman–Crippen LogP) is -0.0306. The Labute approximate surface area is 160 Å². The molecule has 154 valence electrons. The Balaban J connectivity index is 1.65. The highest BCUT2D eigenvalue weighted by molar-refractivity contribution is 6.20. The van der Waals surface area contributed by atoms with Gasteiger partial charge in [-0.1, -0.05) is 12.8 Å². The lowest BCUT2D eigenvalue weighted by Gasteiger charge is -2.49. The molecule has 2 spiro atoms. The van der Waals surface area contributed by atoms with Crippen molar-refractivity contribution in [2.24, 2.45) is 0 Å². The van der Waals surface area contributed by atoms with E-state index < -0.39 is 46.7 Å². The molecule has 4 aliphatic rings. The van der Waals surface area contributed by atoms with Crippen LogP contribution in [-0.4, -0.2) is 56.9 Å². The minimum absolute atomic E-state index is 0.219. The Morgan fingerprint density at radius 3 is 1.00 bits per heavy atom. The van der Waals surface area contributed by atoms with Gasteiger partial charge in [-0.05, 0) is 25.7 Å². The van der Waals surface area contributed by atoms with Gasteiger partial charge in [-0.15, -0.1) is 0 Å². The van der Waals surface area contributed by atoms with Crippen LogP contribution in [0.3, 0.4) is 0 Å². The fourth-order valence-corrected chi connectivity index (χ4v) is 4.36. The van der Waals surface area contributed by atoms with Gasteiger partial charge in [0.25, 0.3) is 11.6 Å². The summed E-state index contributed by atoms with van der Waals surface area (Å²) >= 11 is 0. The van der Waals surface area contributed by atoms with Crippen LogP contribution in [0.4, 0.5) is 0 Å². The third-order valence-electron chi connectivity index (χ3n) is 6.05. The maximum atomic E-state index is 12.6. The first kappa shape index (κ1) is 19.1. The summed E-state index contributed by atoms with van der Waals surface area (Å²) < 4.78 is 20.6. The first-order valence-corrected chi connectivity index (χ1v) is 9.56. The molecule has 0 bridgehead atoms. The summed E-state index contributed by atoms with van der Waals surface area (Å²) in [6.07, 6.45) is 5.07. The van der Waals surface area contributed by atoms with E-state index in [2.05, 4.69) is 0 Å². The van der Waals surface area contributed by atoms with Crippen molar-refractivity contribution in [3.63, 3.8) is 0 Å². The van der Waals surface area contributed by atoms with Gasteiger partial charge in [-0.25, -0.2) is 19.2 Å². The Bertz CT molecular complexity index is 627. The summed E-state index contributed by atoms with van der Waals surface area (Å²) in [7, 11) is 0. The van der Waals surface area contributed by atoms with Crippen LogP contribution in [0.5, 0.6) is 0 Å². The fraction of sp³-hybridized carbons (Fsp3) is 0.778. The van der Waals surface area contributed by atoms with E-state index in [-0.39, 0.29) is 25.7 Å². The Morgan fingerprint density at radius 2 is 0.750 bits per heavy atom. The van der Waals surface area contributed by atoms with Crippen LogP contribution in [-0.2, 0) is 38.1 Å². The molecular formula is C18H22O10. The quantitative estimate of drug-likeness (QED) is 0.456. The molecule has 0 aromatic carbocycles. The van der Waals surface area contributed by atoms with E-state index in [9.17, 15) is 29.4 Å². The highest BCUT2D eigenvalue weighted by atomic mass is 16.8. The van der Waals surface area contributed by atoms with Gasteiger partial charge in [-0.3, -0.25) is 0 Å². The molecule has 0 atom stereocenters. The molecule has 2 heterocycles. The summed E-state index contributed by atoms with van der Waals surface area (Å²) in [6, 6.07) is 0. The van der Waals surface area contributed by atoms with Crippen molar-refractivity contribution in [3.8, 4) is 0 Å². The third-order valence-corrected chi connectivity index (χ3v) is 6.05. The molecular weight excluding hydrogens is 376 g/mol. The number of hydrogen-bond donors (Lipinski definition) is 2. The van der Waals surface area contributed by atoms with Crippen LogP contribution in [0.15, 0.2) is 0 Å². The fourth-order valence-electron chi connectivity index (χ4n) is 4.36. The smallest absolute Gasteiger partial charge is 0.357 e. The van der Waals surface area contributed by atoms with Gasteiger partial charge in [-0.2, -0.15) is 0 Å². The SMILES string of the molecule is O=C1OC2(CCCCC2)OC(=O)C1(O)C1(O)C(=O)OC2(CCCCC2)OC1=O. The lowest BCUT2D eigenvalue weighted by Crippen LogP contribution is -2.79. The Kier molecular flexibility index (Phi) is 4.20.